The van der Waals surface area contributed by atoms with Gasteiger partial charge in [0.05, 0.1) is 0 Å². The van der Waals surface area contributed by atoms with Crippen LogP contribution in [0.1, 0.15) is 24.8 Å². The van der Waals surface area contributed by atoms with E-state index in [1.54, 1.807) is 0 Å². The van der Waals surface area contributed by atoms with E-state index in [0.717, 1.165) is 13.1 Å². The van der Waals surface area contributed by atoms with Crippen molar-refractivity contribution < 1.29 is 0 Å². The van der Waals surface area contributed by atoms with Crippen molar-refractivity contribution in [2.75, 3.05) is 13.1 Å². The maximum absolute atomic E-state index is 3.86. The van der Waals surface area contributed by atoms with Crippen LogP contribution in [-0.4, -0.2) is 22.6 Å². The van der Waals surface area contributed by atoms with Crippen LogP contribution in [0, 0.1) is 0 Å². The molecule has 100 valence electrons. The van der Waals surface area contributed by atoms with Crippen LogP contribution in [0.15, 0.2) is 43.1 Å². The molecular weight excluding hydrogens is 232 g/mol. The largest absolute Gasteiger partial charge is 0.343 e. The van der Waals surface area contributed by atoms with Gasteiger partial charge in [0.2, 0.25) is 0 Å². The molecular formula is C17H22N2. The van der Waals surface area contributed by atoms with Crippen molar-refractivity contribution in [1.82, 2.24) is 9.47 Å². The molecule has 0 N–H and O–H groups in total. The summed E-state index contributed by atoms with van der Waals surface area (Å²) in [6, 6.07) is 8.71. The zero-order chi connectivity index (χ0) is 13.1. The summed E-state index contributed by atoms with van der Waals surface area (Å²) < 4.78 is 2.31. The third kappa shape index (κ3) is 2.59. The van der Waals surface area contributed by atoms with Gasteiger partial charge in [0.1, 0.15) is 0 Å². The summed E-state index contributed by atoms with van der Waals surface area (Å²) >= 11 is 0. The molecule has 0 aliphatic carbocycles. The standard InChI is InChI=1S/C17H22N2/c1-2-10-19-14-15(13-18-11-6-3-7-12-18)16-8-4-5-9-17(16)19/h2,4-5,8-9,14H,1,3,6-7,10-13H2. The number of likely N-dealkylation sites (tertiary alicyclic amines) is 1. The van der Waals surface area contributed by atoms with Gasteiger partial charge in [-0.25, -0.2) is 0 Å². The van der Waals surface area contributed by atoms with Crippen molar-refractivity contribution in [3.63, 3.8) is 0 Å². The van der Waals surface area contributed by atoms with Crippen molar-refractivity contribution in [3.05, 3.63) is 48.7 Å². The van der Waals surface area contributed by atoms with Gasteiger partial charge in [-0.2, -0.15) is 0 Å². The summed E-state index contributed by atoms with van der Waals surface area (Å²) in [4.78, 5) is 2.59. The van der Waals surface area contributed by atoms with E-state index in [9.17, 15) is 0 Å². The minimum Gasteiger partial charge on any atom is -0.343 e. The molecule has 0 saturated carbocycles. The molecule has 2 aromatic rings. The first kappa shape index (κ1) is 12.5. The van der Waals surface area contributed by atoms with Crippen LogP contribution in [0.3, 0.4) is 0 Å². The van der Waals surface area contributed by atoms with Crippen LogP contribution in [-0.2, 0) is 13.1 Å². The van der Waals surface area contributed by atoms with E-state index < -0.39 is 0 Å². The highest BCUT2D eigenvalue weighted by molar-refractivity contribution is 5.84. The molecule has 0 amide bonds. The molecule has 0 radical (unpaired) electrons. The zero-order valence-corrected chi connectivity index (χ0v) is 11.5. The van der Waals surface area contributed by atoms with Crippen molar-refractivity contribution in [2.45, 2.75) is 32.4 Å². The van der Waals surface area contributed by atoms with Crippen LogP contribution in [0.4, 0.5) is 0 Å². The van der Waals surface area contributed by atoms with Crippen LogP contribution in [0.25, 0.3) is 10.9 Å². The van der Waals surface area contributed by atoms with Gasteiger partial charge in [-0.1, -0.05) is 30.7 Å². The summed E-state index contributed by atoms with van der Waals surface area (Å²) in [5.41, 5.74) is 2.79. The Labute approximate surface area is 115 Å². The average molecular weight is 254 g/mol. The summed E-state index contributed by atoms with van der Waals surface area (Å²) in [5.74, 6) is 0. The molecule has 1 fully saturated rings. The summed E-state index contributed by atoms with van der Waals surface area (Å²) in [6.45, 7) is 8.34. The molecule has 0 spiro atoms. The van der Waals surface area contributed by atoms with Crippen molar-refractivity contribution in [2.24, 2.45) is 0 Å². The molecule has 2 nitrogen and oxygen atoms in total. The molecule has 1 aromatic heterocycles. The number of hydrogen-bond acceptors (Lipinski definition) is 1. The first-order valence-electron chi connectivity index (χ1n) is 7.28. The summed E-state index contributed by atoms with van der Waals surface area (Å²) in [5, 5.41) is 1.40. The fourth-order valence-electron chi connectivity index (χ4n) is 3.10. The fourth-order valence-corrected chi connectivity index (χ4v) is 3.10. The van der Waals surface area contributed by atoms with Gasteiger partial charge in [-0.05, 0) is 37.6 Å². The summed E-state index contributed by atoms with van der Waals surface area (Å²) in [6.07, 6.45) is 8.38. The molecule has 1 aliphatic heterocycles. The first-order chi connectivity index (χ1) is 9.38. The Morgan fingerprint density at radius 1 is 1.11 bits per heavy atom. The molecule has 1 aromatic carbocycles. The second-order valence-electron chi connectivity index (χ2n) is 5.45. The van der Waals surface area contributed by atoms with Crippen LogP contribution in [0.5, 0.6) is 0 Å². The molecule has 2 heterocycles. The van der Waals surface area contributed by atoms with Crippen LogP contribution < -0.4 is 0 Å². The Bertz CT molecular complexity index is 562. The molecule has 0 unspecified atom stereocenters. The van der Waals surface area contributed by atoms with Gasteiger partial charge in [0.25, 0.3) is 0 Å². The Morgan fingerprint density at radius 3 is 2.68 bits per heavy atom. The van der Waals surface area contributed by atoms with E-state index in [-0.39, 0.29) is 0 Å². The number of benzene rings is 1. The third-order valence-corrected chi connectivity index (χ3v) is 4.04. The molecule has 2 heteroatoms. The van der Waals surface area contributed by atoms with E-state index in [2.05, 4.69) is 46.5 Å². The van der Waals surface area contributed by atoms with Gasteiger partial charge in [0.15, 0.2) is 0 Å². The molecule has 0 atom stereocenters. The first-order valence-corrected chi connectivity index (χ1v) is 7.28. The topological polar surface area (TPSA) is 8.17 Å². The third-order valence-electron chi connectivity index (χ3n) is 4.04. The number of piperidine rings is 1. The molecule has 1 aliphatic rings. The number of nitrogens with zero attached hydrogens (tertiary/aromatic N) is 2. The lowest BCUT2D eigenvalue weighted by molar-refractivity contribution is 0.221. The van der Waals surface area contributed by atoms with Gasteiger partial charge in [-0.15, -0.1) is 6.58 Å². The zero-order valence-electron chi connectivity index (χ0n) is 11.5. The van der Waals surface area contributed by atoms with Gasteiger partial charge in [0, 0.05) is 30.2 Å². The maximum atomic E-state index is 3.86. The highest BCUT2D eigenvalue weighted by Gasteiger charge is 2.14. The summed E-state index contributed by atoms with van der Waals surface area (Å²) in [7, 11) is 0. The Morgan fingerprint density at radius 2 is 1.89 bits per heavy atom. The van der Waals surface area contributed by atoms with E-state index >= 15 is 0 Å². The number of hydrogen-bond donors (Lipinski definition) is 0. The van der Waals surface area contributed by atoms with E-state index in [4.69, 9.17) is 0 Å². The van der Waals surface area contributed by atoms with Crippen molar-refractivity contribution >= 4 is 10.9 Å². The van der Waals surface area contributed by atoms with Gasteiger partial charge < -0.3 is 4.57 Å². The number of allylic oxidation sites excluding steroid dienone is 1. The van der Waals surface area contributed by atoms with Crippen molar-refractivity contribution in [3.8, 4) is 0 Å². The maximum Gasteiger partial charge on any atom is 0.0486 e. The lowest BCUT2D eigenvalue weighted by atomic mass is 10.1. The average Bonchev–Trinajstić information content (AvgIpc) is 2.79. The monoisotopic (exact) mass is 254 g/mol. The predicted octanol–water partition coefficient (Wildman–Crippen LogP) is 3.81. The molecule has 1 saturated heterocycles. The highest BCUT2D eigenvalue weighted by Crippen LogP contribution is 2.24. The van der Waals surface area contributed by atoms with Gasteiger partial charge >= 0.3 is 0 Å². The smallest absolute Gasteiger partial charge is 0.0486 e. The van der Waals surface area contributed by atoms with Crippen LogP contribution in [0.2, 0.25) is 0 Å². The fraction of sp³-hybridized carbons (Fsp3) is 0.412. The molecule has 3 rings (SSSR count). The van der Waals surface area contributed by atoms with Gasteiger partial charge in [-0.3, -0.25) is 4.90 Å². The number of rotatable bonds is 4. The Kier molecular flexibility index (Phi) is 3.69. The molecule has 19 heavy (non-hydrogen) atoms. The second kappa shape index (κ2) is 5.62. The van der Waals surface area contributed by atoms with E-state index in [1.165, 1.54) is 48.8 Å². The lowest BCUT2D eigenvalue weighted by Crippen LogP contribution is -2.28. The predicted molar refractivity (Wildman–Crippen MR) is 81.3 cm³/mol. The number of aromatic nitrogens is 1. The SMILES string of the molecule is C=CCn1cc(CN2CCCCC2)c2ccccc21. The number of para-hydroxylation sites is 1. The normalized spacial score (nSPS) is 16.8. The minimum absolute atomic E-state index is 0.889. The molecule has 0 bridgehead atoms. The Balaban J connectivity index is 1.91. The van der Waals surface area contributed by atoms with Crippen molar-refractivity contribution in [1.29, 1.82) is 0 Å². The van der Waals surface area contributed by atoms with E-state index in [0.29, 0.717) is 0 Å². The Hall–Kier alpha value is -1.54. The highest BCUT2D eigenvalue weighted by atomic mass is 15.1. The number of fused-ring (bicyclic) bond motifs is 1. The second-order valence-corrected chi connectivity index (χ2v) is 5.45. The lowest BCUT2D eigenvalue weighted by Gasteiger charge is -2.26. The van der Waals surface area contributed by atoms with Crippen LogP contribution >= 0.6 is 0 Å². The minimum atomic E-state index is 0.889. The quantitative estimate of drug-likeness (QED) is 0.753. The van der Waals surface area contributed by atoms with E-state index in [1.807, 2.05) is 6.08 Å².